The van der Waals surface area contributed by atoms with Gasteiger partial charge in [0.25, 0.3) is 0 Å². The second-order valence-electron chi connectivity index (χ2n) is 0. The fourth-order valence-electron chi connectivity index (χ4n) is 0. The average molecular weight is 329 g/mol. The molecule has 0 aliphatic heterocycles. The van der Waals surface area contributed by atoms with E-state index in [1.165, 1.54) is 0 Å². The van der Waals surface area contributed by atoms with Gasteiger partial charge in [0.2, 0.25) is 0 Å². The van der Waals surface area contributed by atoms with Gasteiger partial charge >= 0.3 is 17.1 Å². The molecule has 6 nitrogen and oxygen atoms in total. The summed E-state index contributed by atoms with van der Waals surface area (Å²) in [4.78, 5) is 0. The summed E-state index contributed by atoms with van der Waals surface area (Å²) in [7, 11) is 0. The molecule has 16 heavy (non-hydrogen) atoms. The van der Waals surface area contributed by atoms with Crippen molar-refractivity contribution < 1.29 is 17.1 Å². The van der Waals surface area contributed by atoms with Crippen LogP contribution < -0.4 is 0 Å². The maximum atomic E-state index is 6.25. The van der Waals surface area contributed by atoms with Crippen LogP contribution in [0.1, 0.15) is 0 Å². The predicted molar refractivity (Wildman–Crippen MR) is 47.1 cm³/mol. The zero-order valence-corrected chi connectivity index (χ0v) is 19.5. The normalized spacial score (nSPS) is 0.750. The van der Waals surface area contributed by atoms with Crippen LogP contribution in [0.2, 0.25) is 0 Å². The summed E-state index contributed by atoms with van der Waals surface area (Å²) in [6, 6.07) is 0. The summed E-state index contributed by atoms with van der Waals surface area (Å²) in [5.41, 5.74) is 0. The Labute approximate surface area is 235 Å². The molecular formula is C6FeK3N6. The van der Waals surface area contributed by atoms with E-state index in [0.717, 1.165) is 0 Å². The number of nitrogens with zero attached hydrogens (tertiary/aromatic N) is 6. The van der Waals surface area contributed by atoms with E-state index >= 15 is 0 Å². The van der Waals surface area contributed by atoms with Crippen molar-refractivity contribution in [2.24, 2.45) is 0 Å². The molecule has 0 heterocycles. The predicted octanol–water partition coefficient (Wildman–Crippen LogP) is -0.567. The maximum Gasteiger partial charge on any atom is 6.00 e. The molecule has 0 rings (SSSR count). The van der Waals surface area contributed by atoms with E-state index < -0.39 is 0 Å². The van der Waals surface area contributed by atoms with E-state index in [0.29, 0.717) is 0 Å². The van der Waals surface area contributed by atoms with Crippen LogP contribution in [0.15, 0.2) is 0 Å². The van der Waals surface area contributed by atoms with Gasteiger partial charge in [0.15, 0.2) is 0 Å². The fourth-order valence-corrected chi connectivity index (χ4v) is 0. The zero-order valence-electron chi connectivity index (χ0n) is 9.04. The van der Waals surface area contributed by atoms with Gasteiger partial charge in [-0.2, -0.15) is 0 Å². The molecule has 65 valence electrons. The molecule has 0 aromatic heterocycles. The Morgan fingerprint density at radius 2 is 0.312 bits per heavy atom. The van der Waals surface area contributed by atoms with Crippen molar-refractivity contribution in [2.45, 2.75) is 0 Å². The van der Waals surface area contributed by atoms with Crippen LogP contribution >= 0.6 is 0 Å². The van der Waals surface area contributed by atoms with E-state index in [1.54, 1.807) is 0 Å². The van der Waals surface area contributed by atoms with Crippen LogP contribution in [0.5, 0.6) is 0 Å². The molecular weight excluding hydrogens is 329 g/mol. The van der Waals surface area contributed by atoms with Crippen molar-refractivity contribution in [1.29, 1.82) is 31.6 Å². The maximum absolute atomic E-state index is 6.25. The molecule has 0 saturated heterocycles. The van der Waals surface area contributed by atoms with Crippen LogP contribution in [0.25, 0.3) is 0 Å². The Bertz CT molecular complexity index is 103. The Hall–Kier alpha value is 2.37. The minimum atomic E-state index is 0. The van der Waals surface area contributed by atoms with Crippen LogP contribution in [-0.4, -0.2) is 154 Å². The van der Waals surface area contributed by atoms with Crippen LogP contribution in [0, 0.1) is 71.0 Å². The molecule has 3 radical (unpaired) electrons. The van der Waals surface area contributed by atoms with Crippen molar-refractivity contribution >= 4 is 154 Å². The molecule has 0 amide bonds. The van der Waals surface area contributed by atoms with Gasteiger partial charge in [-0.15, -0.1) is 0 Å². The molecule has 0 aliphatic carbocycles. The van der Waals surface area contributed by atoms with Crippen LogP contribution in [-0.2, 0) is 17.1 Å². The van der Waals surface area contributed by atoms with Crippen LogP contribution in [0.4, 0.5) is 0 Å². The molecule has 0 spiro atoms. The quantitative estimate of drug-likeness (QED) is 0.430. The van der Waals surface area contributed by atoms with Crippen molar-refractivity contribution in [3.8, 4) is 0 Å². The summed E-state index contributed by atoms with van der Waals surface area (Å²) < 4.78 is 0. The summed E-state index contributed by atoms with van der Waals surface area (Å²) in [6.45, 7) is 28.5. The SMILES string of the molecule is [C-]#N.[C-]#N.[C-]#N.[C-]#N.[C-]#N.[C-]#N.[Fe+6].[K].[K].[K]. The first-order chi connectivity index (χ1) is 6.00. The Balaban J connectivity index is -0.00000000321. The molecule has 0 aliphatic rings. The van der Waals surface area contributed by atoms with Gasteiger partial charge in [-0.05, 0) is 0 Å². The van der Waals surface area contributed by atoms with E-state index in [9.17, 15) is 0 Å². The molecule has 0 saturated carbocycles. The smallest absolute Gasteiger partial charge is 0.512 e. The van der Waals surface area contributed by atoms with Crippen molar-refractivity contribution in [2.75, 3.05) is 0 Å². The number of hydrogen-bond acceptors (Lipinski definition) is 6. The van der Waals surface area contributed by atoms with E-state index in [2.05, 4.69) is 0 Å². The molecule has 10 heteroatoms. The van der Waals surface area contributed by atoms with Crippen molar-refractivity contribution in [3.05, 3.63) is 39.4 Å². The molecule has 0 atom stereocenters. The van der Waals surface area contributed by atoms with Gasteiger partial charge in [-0.25, -0.2) is 0 Å². The minimum Gasteiger partial charge on any atom is -0.512 e. The second-order valence-corrected chi connectivity index (χ2v) is 0. The third-order valence-corrected chi connectivity index (χ3v) is 0. The Morgan fingerprint density at radius 3 is 0.312 bits per heavy atom. The summed E-state index contributed by atoms with van der Waals surface area (Å²) in [6.07, 6.45) is 0. The largest absolute Gasteiger partial charge is 6.00 e. The van der Waals surface area contributed by atoms with Gasteiger partial charge in [-0.1, -0.05) is 0 Å². The first-order valence-electron chi connectivity index (χ1n) is 1.34. The molecule has 0 aromatic rings. The standard InChI is InChI=1S/6CN.Fe.3K/c6*1-2;;;;/q6*-1;+6;;;. The monoisotopic (exact) mass is 329 g/mol. The second kappa shape index (κ2) is 829. The van der Waals surface area contributed by atoms with E-state index in [1.807, 2.05) is 0 Å². The summed E-state index contributed by atoms with van der Waals surface area (Å²) in [5.74, 6) is 0. The molecule has 0 fully saturated rings. The number of rotatable bonds is 0. The van der Waals surface area contributed by atoms with Gasteiger partial charge < -0.3 is 71.0 Å². The van der Waals surface area contributed by atoms with Gasteiger partial charge in [0, 0.05) is 154 Å². The third-order valence-electron chi connectivity index (χ3n) is 0. The summed E-state index contributed by atoms with van der Waals surface area (Å²) in [5, 5.41) is 37.5. The zero-order chi connectivity index (χ0) is 12.0. The van der Waals surface area contributed by atoms with Crippen molar-refractivity contribution in [1.82, 2.24) is 0 Å². The summed E-state index contributed by atoms with van der Waals surface area (Å²) >= 11 is 0. The fraction of sp³-hybridized carbons (Fsp3) is 0. The molecule has 0 N–H and O–H groups in total. The van der Waals surface area contributed by atoms with E-state index in [4.69, 9.17) is 71.0 Å². The van der Waals surface area contributed by atoms with E-state index in [-0.39, 0.29) is 171 Å². The molecule has 0 aromatic carbocycles. The minimum absolute atomic E-state index is 0. The Kier molecular flexibility index (Phi) is 4100. The van der Waals surface area contributed by atoms with Crippen molar-refractivity contribution in [3.63, 3.8) is 0 Å². The third kappa shape index (κ3) is 689. The number of hydrogen-bond donors (Lipinski definition) is 0. The Morgan fingerprint density at radius 1 is 0.312 bits per heavy atom. The van der Waals surface area contributed by atoms with Gasteiger partial charge in [0.05, 0.1) is 0 Å². The topological polar surface area (TPSA) is 143 Å². The molecule has 0 unspecified atom stereocenters. The first kappa shape index (κ1) is 79.1. The van der Waals surface area contributed by atoms with Gasteiger partial charge in [-0.3, -0.25) is 0 Å². The van der Waals surface area contributed by atoms with Gasteiger partial charge in [0.1, 0.15) is 0 Å². The average Bonchev–Trinajstić information content (AvgIpc) is 2.33. The van der Waals surface area contributed by atoms with Crippen LogP contribution in [0.3, 0.4) is 0 Å². The first-order valence-corrected chi connectivity index (χ1v) is 1.34. The molecule has 0 bridgehead atoms.